The summed E-state index contributed by atoms with van der Waals surface area (Å²) in [5.41, 5.74) is 0.485. The number of benzene rings is 1. The number of nitrogens with one attached hydrogen (secondary N) is 1. The topological polar surface area (TPSA) is 34.2 Å². The van der Waals surface area contributed by atoms with Gasteiger partial charge in [0.1, 0.15) is 12.4 Å². The molecule has 0 amide bonds. The Morgan fingerprint density at radius 2 is 1.80 bits per heavy atom. The lowest BCUT2D eigenvalue weighted by Gasteiger charge is -2.11. The van der Waals surface area contributed by atoms with Crippen LogP contribution in [0.5, 0.6) is 5.75 Å². The molecule has 0 atom stereocenters. The van der Waals surface area contributed by atoms with Crippen LogP contribution in [0.1, 0.15) is 5.56 Å². The molecule has 3 nitrogen and oxygen atoms in total. The Kier molecular flexibility index (Phi) is 4.07. The van der Waals surface area contributed by atoms with Crippen LogP contribution < -0.4 is 10.1 Å². The predicted octanol–water partition coefficient (Wildman–Crippen LogP) is 3.26. The summed E-state index contributed by atoms with van der Waals surface area (Å²) in [7, 11) is 1.61. The van der Waals surface area contributed by atoms with Gasteiger partial charge in [-0.2, -0.15) is 8.78 Å². The number of nitrogens with zero attached hydrogens (tertiary/aromatic N) is 1. The summed E-state index contributed by atoms with van der Waals surface area (Å²) in [6, 6.07) is 3.32. The second-order valence-electron chi connectivity index (χ2n) is 3.85. The van der Waals surface area contributed by atoms with E-state index in [1.165, 1.54) is 6.20 Å². The highest BCUT2D eigenvalue weighted by Gasteiger charge is 2.20. The van der Waals surface area contributed by atoms with Gasteiger partial charge in [0.2, 0.25) is 11.6 Å². The highest BCUT2D eigenvalue weighted by atomic mass is 19.2. The third-order valence-electron chi connectivity index (χ3n) is 2.57. The molecule has 1 aromatic heterocycles. The largest absolute Gasteiger partial charge is 0.483 e. The summed E-state index contributed by atoms with van der Waals surface area (Å²) < 4.78 is 57.6. The summed E-state index contributed by atoms with van der Waals surface area (Å²) in [4.78, 5) is 3.96. The van der Waals surface area contributed by atoms with Gasteiger partial charge in [-0.15, -0.1) is 0 Å². The number of rotatable bonds is 4. The summed E-state index contributed by atoms with van der Waals surface area (Å²) in [6.07, 6.45) is 1.51. The molecule has 0 radical (unpaired) electrons. The van der Waals surface area contributed by atoms with Crippen molar-refractivity contribution in [2.45, 2.75) is 6.61 Å². The number of pyridine rings is 1. The average molecular weight is 286 g/mol. The Labute approximate surface area is 112 Å². The molecule has 1 heterocycles. The van der Waals surface area contributed by atoms with Crippen LogP contribution in [0.15, 0.2) is 24.4 Å². The van der Waals surface area contributed by atoms with Crippen molar-refractivity contribution in [2.24, 2.45) is 0 Å². The number of anilines is 1. The van der Waals surface area contributed by atoms with E-state index in [0.717, 1.165) is 0 Å². The van der Waals surface area contributed by atoms with Crippen molar-refractivity contribution in [1.29, 1.82) is 0 Å². The van der Waals surface area contributed by atoms with Crippen molar-refractivity contribution in [2.75, 3.05) is 12.4 Å². The van der Waals surface area contributed by atoms with Crippen molar-refractivity contribution in [1.82, 2.24) is 4.98 Å². The van der Waals surface area contributed by atoms with Gasteiger partial charge in [-0.1, -0.05) is 6.07 Å². The Morgan fingerprint density at radius 3 is 2.40 bits per heavy atom. The fraction of sp³-hybridized carbons (Fsp3) is 0.154. The first kappa shape index (κ1) is 14.1. The van der Waals surface area contributed by atoms with E-state index in [0.29, 0.717) is 11.4 Å². The fourth-order valence-electron chi connectivity index (χ4n) is 1.61. The first-order valence-corrected chi connectivity index (χ1v) is 5.62. The number of aromatic nitrogens is 1. The van der Waals surface area contributed by atoms with Gasteiger partial charge in [0.15, 0.2) is 17.4 Å². The molecular weight excluding hydrogens is 276 g/mol. The average Bonchev–Trinajstić information content (AvgIpc) is 2.45. The van der Waals surface area contributed by atoms with Crippen LogP contribution in [-0.4, -0.2) is 12.0 Å². The molecular formula is C13H10F4N2O. The second-order valence-corrected chi connectivity index (χ2v) is 3.85. The van der Waals surface area contributed by atoms with E-state index in [1.54, 1.807) is 19.2 Å². The Morgan fingerprint density at radius 1 is 1.15 bits per heavy atom. The molecule has 0 unspecified atom stereocenters. The highest BCUT2D eigenvalue weighted by Crippen LogP contribution is 2.27. The molecule has 2 rings (SSSR count). The van der Waals surface area contributed by atoms with Crippen LogP contribution in [0.3, 0.4) is 0 Å². The zero-order valence-electron chi connectivity index (χ0n) is 10.4. The molecule has 0 saturated heterocycles. The van der Waals surface area contributed by atoms with Gasteiger partial charge in [-0.3, -0.25) is 0 Å². The van der Waals surface area contributed by atoms with Crippen molar-refractivity contribution in [3.05, 3.63) is 53.2 Å². The van der Waals surface area contributed by atoms with Crippen molar-refractivity contribution >= 4 is 5.82 Å². The van der Waals surface area contributed by atoms with Crippen LogP contribution in [0.4, 0.5) is 23.4 Å². The Hall–Kier alpha value is -2.31. The van der Waals surface area contributed by atoms with Crippen molar-refractivity contribution in [3.63, 3.8) is 0 Å². The highest BCUT2D eigenvalue weighted by molar-refractivity contribution is 5.43. The molecule has 0 spiro atoms. The maximum atomic E-state index is 13.4. The van der Waals surface area contributed by atoms with E-state index >= 15 is 0 Å². The zero-order chi connectivity index (χ0) is 14.7. The molecule has 0 saturated carbocycles. The SMILES string of the molecule is CNc1ncccc1COc1c(F)c(F)cc(F)c1F. The van der Waals surface area contributed by atoms with E-state index in [1.807, 2.05) is 0 Å². The first-order chi connectivity index (χ1) is 9.54. The summed E-state index contributed by atoms with van der Waals surface area (Å²) in [6.45, 7) is -0.291. The summed E-state index contributed by atoms with van der Waals surface area (Å²) in [5.74, 6) is -6.82. The normalized spacial score (nSPS) is 10.4. The smallest absolute Gasteiger partial charge is 0.203 e. The lowest BCUT2D eigenvalue weighted by Crippen LogP contribution is -2.06. The molecule has 0 aliphatic heterocycles. The van der Waals surface area contributed by atoms with Crippen LogP contribution in [0.25, 0.3) is 0 Å². The second kappa shape index (κ2) is 5.77. The monoisotopic (exact) mass is 286 g/mol. The Balaban J connectivity index is 2.27. The minimum atomic E-state index is -1.57. The molecule has 106 valence electrons. The minimum Gasteiger partial charge on any atom is -0.483 e. The summed E-state index contributed by atoms with van der Waals surface area (Å²) in [5, 5.41) is 2.76. The van der Waals surface area contributed by atoms with Crippen LogP contribution >= 0.6 is 0 Å². The Bertz CT molecular complexity index is 608. The molecule has 0 aliphatic rings. The number of hydrogen-bond acceptors (Lipinski definition) is 3. The standard InChI is InChI=1S/C13H10F4N2O/c1-18-13-7(3-2-4-19-13)6-20-12-10(16)8(14)5-9(15)11(12)17/h2-5H,6H2,1H3,(H,18,19). The lowest BCUT2D eigenvalue weighted by molar-refractivity contribution is 0.262. The molecule has 0 aliphatic carbocycles. The van der Waals surface area contributed by atoms with Gasteiger partial charge in [0, 0.05) is 24.9 Å². The predicted molar refractivity (Wildman–Crippen MR) is 64.4 cm³/mol. The number of hydrogen-bond donors (Lipinski definition) is 1. The van der Waals surface area contributed by atoms with Gasteiger partial charge in [-0.25, -0.2) is 13.8 Å². The lowest BCUT2D eigenvalue weighted by atomic mass is 10.2. The molecule has 2 aromatic rings. The van der Waals surface area contributed by atoms with Gasteiger partial charge in [-0.05, 0) is 6.07 Å². The van der Waals surface area contributed by atoms with E-state index in [-0.39, 0.29) is 12.7 Å². The van der Waals surface area contributed by atoms with Crippen molar-refractivity contribution in [3.8, 4) is 5.75 Å². The summed E-state index contributed by atoms with van der Waals surface area (Å²) >= 11 is 0. The zero-order valence-corrected chi connectivity index (χ0v) is 10.4. The van der Waals surface area contributed by atoms with Gasteiger partial charge in [0.25, 0.3) is 0 Å². The maximum absolute atomic E-state index is 13.4. The first-order valence-electron chi connectivity index (χ1n) is 5.62. The molecule has 1 aromatic carbocycles. The van der Waals surface area contributed by atoms with Crippen LogP contribution in [0, 0.1) is 23.3 Å². The number of ether oxygens (including phenoxy) is 1. The van der Waals surface area contributed by atoms with E-state index in [2.05, 4.69) is 10.3 Å². The van der Waals surface area contributed by atoms with E-state index in [9.17, 15) is 17.6 Å². The third kappa shape index (κ3) is 2.66. The molecule has 0 bridgehead atoms. The molecule has 7 heteroatoms. The van der Waals surface area contributed by atoms with Gasteiger partial charge < -0.3 is 10.1 Å². The van der Waals surface area contributed by atoms with Crippen LogP contribution in [0.2, 0.25) is 0 Å². The van der Waals surface area contributed by atoms with E-state index < -0.39 is 29.0 Å². The quantitative estimate of drug-likeness (QED) is 0.692. The van der Waals surface area contributed by atoms with Gasteiger partial charge in [0.05, 0.1) is 0 Å². The minimum absolute atomic E-state index is 0.126. The third-order valence-corrected chi connectivity index (χ3v) is 2.57. The molecule has 1 N–H and O–H groups in total. The fourth-order valence-corrected chi connectivity index (χ4v) is 1.61. The number of halogens is 4. The maximum Gasteiger partial charge on any atom is 0.203 e. The van der Waals surface area contributed by atoms with E-state index in [4.69, 9.17) is 4.74 Å². The van der Waals surface area contributed by atoms with Crippen LogP contribution in [-0.2, 0) is 6.61 Å². The molecule has 20 heavy (non-hydrogen) atoms. The van der Waals surface area contributed by atoms with Crippen molar-refractivity contribution < 1.29 is 22.3 Å². The molecule has 0 fully saturated rings. The van der Waals surface area contributed by atoms with Gasteiger partial charge >= 0.3 is 0 Å².